The number of hydrogen-bond acceptors (Lipinski definition) is 7. The number of thiophene rings is 1. The first-order valence-electron chi connectivity index (χ1n) is 8.40. The number of thiazole rings is 1. The number of nitrogens with two attached hydrogens (primary N) is 1. The van der Waals surface area contributed by atoms with Gasteiger partial charge in [0, 0.05) is 22.7 Å². The van der Waals surface area contributed by atoms with Crippen LogP contribution in [0.1, 0.15) is 35.1 Å². The third-order valence-electron chi connectivity index (χ3n) is 4.07. The van der Waals surface area contributed by atoms with E-state index in [0.717, 1.165) is 27.3 Å². The summed E-state index contributed by atoms with van der Waals surface area (Å²) >= 11 is 2.65. The van der Waals surface area contributed by atoms with Crippen LogP contribution in [0.5, 0.6) is 0 Å². The van der Waals surface area contributed by atoms with Gasteiger partial charge in [-0.15, -0.1) is 22.7 Å². The molecule has 3 N–H and O–H groups in total. The molecule has 4 rings (SSSR count). The molecule has 0 unspecified atom stereocenters. The Hall–Kier alpha value is -2.84. The van der Waals surface area contributed by atoms with Crippen LogP contribution in [-0.2, 0) is 0 Å². The number of hydrogen-bond donors (Lipinski definition) is 2. The minimum Gasteiger partial charge on any atom is -0.397 e. The number of amides is 1. The maximum Gasteiger partial charge on any atom is 0.269 e. The first-order valence-corrected chi connectivity index (χ1v) is 10.1. The Kier molecular flexibility index (Phi) is 4.59. The Morgan fingerprint density at radius 3 is 2.74 bits per heavy atom. The van der Waals surface area contributed by atoms with E-state index in [-0.39, 0.29) is 5.91 Å². The fraction of sp³-hybridized carbons (Fsp3) is 0.158. The first kappa shape index (κ1) is 17.6. The summed E-state index contributed by atoms with van der Waals surface area (Å²) in [4.78, 5) is 27.3. The molecule has 0 atom stereocenters. The second-order valence-corrected chi connectivity index (χ2v) is 8.15. The van der Waals surface area contributed by atoms with Crippen LogP contribution in [0.4, 0.5) is 10.8 Å². The van der Waals surface area contributed by atoms with Crippen LogP contribution in [0.3, 0.4) is 0 Å². The number of nitrogens with one attached hydrogen (secondary N) is 1. The zero-order valence-electron chi connectivity index (χ0n) is 14.8. The summed E-state index contributed by atoms with van der Waals surface area (Å²) in [7, 11) is 0. The van der Waals surface area contributed by atoms with Gasteiger partial charge in [-0.05, 0) is 30.2 Å². The largest absolute Gasteiger partial charge is 0.397 e. The molecule has 8 heteroatoms. The van der Waals surface area contributed by atoms with Crippen molar-refractivity contribution in [2.45, 2.75) is 19.8 Å². The highest BCUT2D eigenvalue weighted by Gasteiger charge is 2.19. The standard InChI is InChI=1S/C19H17N5OS2/c1-10(2)12-7-6-11-15(20)16(27-18(11)22-12)17(25)24-19-23-14(9-26-19)13-5-3-4-8-21-13/h3-10H,20H2,1-2H3,(H,23,24,25). The normalized spacial score (nSPS) is 11.2. The predicted molar refractivity (Wildman–Crippen MR) is 111 cm³/mol. The number of nitrogen functional groups attached to an aromatic ring is 1. The molecular weight excluding hydrogens is 378 g/mol. The molecule has 0 saturated carbocycles. The van der Waals surface area contributed by atoms with Crippen LogP contribution in [0.15, 0.2) is 41.9 Å². The number of carbonyl (C=O) groups is 1. The van der Waals surface area contributed by atoms with Crippen molar-refractivity contribution in [2.24, 2.45) is 0 Å². The molecule has 4 heterocycles. The van der Waals surface area contributed by atoms with Crippen molar-refractivity contribution in [2.75, 3.05) is 11.1 Å². The van der Waals surface area contributed by atoms with Gasteiger partial charge in [0.2, 0.25) is 0 Å². The number of pyridine rings is 2. The number of rotatable bonds is 4. The second-order valence-electron chi connectivity index (χ2n) is 6.30. The lowest BCUT2D eigenvalue weighted by molar-refractivity contribution is 0.103. The van der Waals surface area contributed by atoms with Gasteiger partial charge in [-0.25, -0.2) is 9.97 Å². The fourth-order valence-corrected chi connectivity index (χ4v) is 4.31. The van der Waals surface area contributed by atoms with Crippen molar-refractivity contribution < 1.29 is 4.79 Å². The molecule has 0 fully saturated rings. The molecule has 0 aliphatic rings. The highest BCUT2D eigenvalue weighted by molar-refractivity contribution is 7.21. The van der Waals surface area contributed by atoms with E-state index in [1.165, 1.54) is 22.7 Å². The number of fused-ring (bicyclic) bond motifs is 1. The monoisotopic (exact) mass is 395 g/mol. The summed E-state index contributed by atoms with van der Waals surface area (Å²) in [5.74, 6) is 0.0406. The summed E-state index contributed by atoms with van der Waals surface area (Å²) in [5.41, 5.74) is 9.13. The third kappa shape index (κ3) is 3.41. The molecule has 0 radical (unpaired) electrons. The van der Waals surface area contributed by atoms with Gasteiger partial charge in [0.05, 0.1) is 11.4 Å². The molecule has 4 aromatic rings. The zero-order valence-corrected chi connectivity index (χ0v) is 16.4. The van der Waals surface area contributed by atoms with E-state index in [2.05, 4.69) is 34.1 Å². The average Bonchev–Trinajstić information content (AvgIpc) is 3.27. The maximum absolute atomic E-state index is 12.7. The molecule has 136 valence electrons. The van der Waals surface area contributed by atoms with Crippen LogP contribution in [0.2, 0.25) is 0 Å². The Morgan fingerprint density at radius 1 is 1.15 bits per heavy atom. The fourth-order valence-electron chi connectivity index (χ4n) is 2.62. The smallest absolute Gasteiger partial charge is 0.269 e. The van der Waals surface area contributed by atoms with E-state index in [4.69, 9.17) is 5.73 Å². The summed E-state index contributed by atoms with van der Waals surface area (Å²) < 4.78 is 0. The minimum absolute atomic E-state index is 0.275. The second kappa shape index (κ2) is 7.05. The molecular formula is C19H17N5OS2. The molecule has 0 aliphatic carbocycles. The molecule has 0 bridgehead atoms. The minimum atomic E-state index is -0.275. The highest BCUT2D eigenvalue weighted by atomic mass is 32.1. The SMILES string of the molecule is CC(C)c1ccc2c(N)c(C(=O)Nc3nc(-c4ccccn4)cs3)sc2n1. The highest BCUT2D eigenvalue weighted by Crippen LogP contribution is 2.34. The quantitative estimate of drug-likeness (QED) is 0.519. The Labute approximate surface area is 164 Å². The third-order valence-corrected chi connectivity index (χ3v) is 5.94. The lowest BCUT2D eigenvalue weighted by atomic mass is 10.1. The molecule has 0 aromatic carbocycles. The van der Waals surface area contributed by atoms with Gasteiger partial charge in [-0.1, -0.05) is 19.9 Å². The Balaban J connectivity index is 1.60. The number of carbonyl (C=O) groups excluding carboxylic acids is 1. The van der Waals surface area contributed by atoms with Gasteiger partial charge in [-0.2, -0.15) is 0 Å². The molecule has 0 aliphatic heterocycles. The van der Waals surface area contributed by atoms with Gasteiger partial charge in [0.1, 0.15) is 15.4 Å². The van der Waals surface area contributed by atoms with Gasteiger partial charge in [0.15, 0.2) is 5.13 Å². The van der Waals surface area contributed by atoms with Crippen molar-refractivity contribution >= 4 is 49.6 Å². The van der Waals surface area contributed by atoms with Crippen LogP contribution in [-0.4, -0.2) is 20.9 Å². The van der Waals surface area contributed by atoms with E-state index in [0.29, 0.717) is 21.6 Å². The van der Waals surface area contributed by atoms with Crippen molar-refractivity contribution in [3.05, 3.63) is 52.5 Å². The number of nitrogens with zero attached hydrogens (tertiary/aromatic N) is 3. The maximum atomic E-state index is 12.7. The zero-order chi connectivity index (χ0) is 19.0. The van der Waals surface area contributed by atoms with E-state index in [1.54, 1.807) is 6.20 Å². The number of aromatic nitrogens is 3. The Morgan fingerprint density at radius 2 is 2.00 bits per heavy atom. The van der Waals surface area contributed by atoms with Crippen LogP contribution in [0.25, 0.3) is 21.6 Å². The van der Waals surface area contributed by atoms with Gasteiger partial charge >= 0.3 is 0 Å². The lowest BCUT2D eigenvalue weighted by Gasteiger charge is -2.03. The molecule has 0 saturated heterocycles. The van der Waals surface area contributed by atoms with E-state index >= 15 is 0 Å². The van der Waals surface area contributed by atoms with E-state index < -0.39 is 0 Å². The van der Waals surface area contributed by atoms with Gasteiger partial charge in [0.25, 0.3) is 5.91 Å². The molecule has 27 heavy (non-hydrogen) atoms. The summed E-state index contributed by atoms with van der Waals surface area (Å²) in [6.07, 6.45) is 1.71. The van der Waals surface area contributed by atoms with Crippen molar-refractivity contribution in [1.82, 2.24) is 15.0 Å². The van der Waals surface area contributed by atoms with E-state index in [1.807, 2.05) is 35.7 Å². The molecule has 6 nitrogen and oxygen atoms in total. The summed E-state index contributed by atoms with van der Waals surface area (Å²) in [5, 5.41) is 6.01. The van der Waals surface area contributed by atoms with Crippen molar-refractivity contribution in [3.8, 4) is 11.4 Å². The first-order chi connectivity index (χ1) is 13.0. The van der Waals surface area contributed by atoms with Gasteiger partial charge in [-0.3, -0.25) is 15.1 Å². The predicted octanol–water partition coefficient (Wildman–Crippen LogP) is 4.77. The van der Waals surface area contributed by atoms with Crippen LogP contribution in [0, 0.1) is 0 Å². The average molecular weight is 396 g/mol. The number of anilines is 2. The van der Waals surface area contributed by atoms with Gasteiger partial charge < -0.3 is 5.73 Å². The molecule has 0 spiro atoms. The van der Waals surface area contributed by atoms with Crippen molar-refractivity contribution in [1.29, 1.82) is 0 Å². The van der Waals surface area contributed by atoms with Crippen LogP contribution >= 0.6 is 22.7 Å². The van der Waals surface area contributed by atoms with Crippen LogP contribution < -0.4 is 11.1 Å². The topological polar surface area (TPSA) is 93.8 Å². The lowest BCUT2D eigenvalue weighted by Crippen LogP contribution is -2.11. The molecule has 4 aromatic heterocycles. The summed E-state index contributed by atoms with van der Waals surface area (Å²) in [6, 6.07) is 9.51. The Bertz CT molecular complexity index is 1120. The molecule has 1 amide bonds. The summed E-state index contributed by atoms with van der Waals surface area (Å²) in [6.45, 7) is 4.17. The van der Waals surface area contributed by atoms with E-state index in [9.17, 15) is 4.79 Å². The van der Waals surface area contributed by atoms with Crippen molar-refractivity contribution in [3.63, 3.8) is 0 Å².